The van der Waals surface area contributed by atoms with Gasteiger partial charge in [0.05, 0.1) is 0 Å². The molecule has 1 aromatic rings. The van der Waals surface area contributed by atoms with Crippen molar-refractivity contribution in [2.75, 3.05) is 6.54 Å². The molecule has 0 radical (unpaired) electrons. The molecule has 0 aliphatic rings. The van der Waals surface area contributed by atoms with Gasteiger partial charge < -0.3 is 10.6 Å². The van der Waals surface area contributed by atoms with Crippen LogP contribution in [0.25, 0.3) is 0 Å². The highest BCUT2D eigenvalue weighted by Crippen LogP contribution is 2.05. The van der Waals surface area contributed by atoms with E-state index in [-0.39, 0.29) is 0 Å². The van der Waals surface area contributed by atoms with E-state index in [1.165, 1.54) is 31.2 Å². The van der Waals surface area contributed by atoms with Gasteiger partial charge >= 0.3 is 11.8 Å². The van der Waals surface area contributed by atoms with E-state index in [1.54, 1.807) is 0 Å². The maximum atomic E-state index is 11.7. The third-order valence-electron chi connectivity index (χ3n) is 3.91. The van der Waals surface area contributed by atoms with Crippen LogP contribution in [-0.2, 0) is 22.6 Å². The van der Waals surface area contributed by atoms with Gasteiger partial charge in [0.15, 0.2) is 0 Å². The van der Waals surface area contributed by atoms with Crippen molar-refractivity contribution in [2.24, 2.45) is 0 Å². The Morgan fingerprint density at radius 3 is 2.00 bits per heavy atom. The van der Waals surface area contributed by atoms with Crippen molar-refractivity contribution in [1.29, 1.82) is 0 Å². The summed E-state index contributed by atoms with van der Waals surface area (Å²) in [7, 11) is 0. The standard InChI is InChI=1S/C19H30N2O2/c1-3-5-6-7-8-9-14-20-18(22)19(23)21-15-17-12-10-16(4-2)11-13-17/h10-13H,3-9,14-15H2,1-2H3,(H,20,22)(H,21,23). The first-order valence-electron chi connectivity index (χ1n) is 8.81. The van der Waals surface area contributed by atoms with Crippen LogP contribution in [0.15, 0.2) is 24.3 Å². The minimum absolute atomic E-state index is 0.382. The molecule has 0 bridgehead atoms. The maximum absolute atomic E-state index is 11.7. The monoisotopic (exact) mass is 318 g/mol. The zero-order valence-corrected chi connectivity index (χ0v) is 14.5. The molecule has 0 atom stereocenters. The Bertz CT molecular complexity index is 469. The van der Waals surface area contributed by atoms with Gasteiger partial charge in [-0.15, -0.1) is 0 Å². The van der Waals surface area contributed by atoms with Crippen molar-refractivity contribution >= 4 is 11.8 Å². The number of unbranched alkanes of at least 4 members (excludes halogenated alkanes) is 5. The number of carbonyl (C=O) groups excluding carboxylic acids is 2. The van der Waals surface area contributed by atoms with Crippen molar-refractivity contribution in [3.63, 3.8) is 0 Å². The molecule has 1 rings (SSSR count). The van der Waals surface area contributed by atoms with Crippen molar-refractivity contribution in [2.45, 2.75) is 65.3 Å². The highest BCUT2D eigenvalue weighted by Gasteiger charge is 2.11. The lowest BCUT2D eigenvalue weighted by atomic mass is 10.1. The first-order valence-corrected chi connectivity index (χ1v) is 8.81. The van der Waals surface area contributed by atoms with Gasteiger partial charge in [-0.1, -0.05) is 70.2 Å². The van der Waals surface area contributed by atoms with Crippen LogP contribution in [-0.4, -0.2) is 18.4 Å². The molecule has 2 amide bonds. The maximum Gasteiger partial charge on any atom is 0.309 e. The lowest BCUT2D eigenvalue weighted by molar-refractivity contribution is -0.139. The summed E-state index contributed by atoms with van der Waals surface area (Å²) in [5.74, 6) is -1.10. The number of benzene rings is 1. The van der Waals surface area contributed by atoms with E-state index in [0.29, 0.717) is 13.1 Å². The molecule has 0 unspecified atom stereocenters. The highest BCUT2D eigenvalue weighted by molar-refractivity contribution is 6.35. The van der Waals surface area contributed by atoms with E-state index in [0.717, 1.165) is 24.8 Å². The summed E-state index contributed by atoms with van der Waals surface area (Å²) < 4.78 is 0. The van der Waals surface area contributed by atoms with Crippen LogP contribution in [0.1, 0.15) is 63.5 Å². The summed E-state index contributed by atoms with van der Waals surface area (Å²) >= 11 is 0. The third kappa shape index (κ3) is 8.38. The molecule has 23 heavy (non-hydrogen) atoms. The number of aryl methyl sites for hydroxylation is 1. The SMILES string of the molecule is CCCCCCCCNC(=O)C(=O)NCc1ccc(CC)cc1. The zero-order valence-electron chi connectivity index (χ0n) is 14.5. The molecule has 0 aliphatic heterocycles. The molecule has 0 aliphatic carbocycles. The van der Waals surface area contributed by atoms with Gasteiger partial charge in [0, 0.05) is 13.1 Å². The number of carbonyl (C=O) groups is 2. The molecule has 0 aromatic heterocycles. The second-order valence-electron chi connectivity index (χ2n) is 5.88. The molecule has 2 N–H and O–H groups in total. The number of hydrogen-bond donors (Lipinski definition) is 2. The second-order valence-corrected chi connectivity index (χ2v) is 5.88. The fourth-order valence-electron chi connectivity index (χ4n) is 2.34. The van der Waals surface area contributed by atoms with Gasteiger partial charge in [-0.2, -0.15) is 0 Å². The van der Waals surface area contributed by atoms with Gasteiger partial charge in [-0.3, -0.25) is 9.59 Å². The molecule has 0 heterocycles. The summed E-state index contributed by atoms with van der Waals surface area (Å²) in [6, 6.07) is 8.04. The van der Waals surface area contributed by atoms with Gasteiger partial charge in [-0.05, 0) is 24.0 Å². The Morgan fingerprint density at radius 2 is 1.35 bits per heavy atom. The predicted molar refractivity (Wildman–Crippen MR) is 94.1 cm³/mol. The van der Waals surface area contributed by atoms with Crippen LogP contribution in [0.4, 0.5) is 0 Å². The molecule has 4 nitrogen and oxygen atoms in total. The smallest absolute Gasteiger partial charge is 0.309 e. The van der Waals surface area contributed by atoms with Crippen LogP contribution in [0.5, 0.6) is 0 Å². The van der Waals surface area contributed by atoms with Crippen molar-refractivity contribution < 1.29 is 9.59 Å². The molecule has 128 valence electrons. The first kappa shape index (κ1) is 19.2. The molecule has 0 spiro atoms. The van der Waals surface area contributed by atoms with Crippen LogP contribution < -0.4 is 10.6 Å². The Hall–Kier alpha value is -1.84. The van der Waals surface area contributed by atoms with E-state index < -0.39 is 11.8 Å². The van der Waals surface area contributed by atoms with Gasteiger partial charge in [0.25, 0.3) is 0 Å². The van der Waals surface area contributed by atoms with Crippen molar-refractivity contribution in [3.05, 3.63) is 35.4 Å². The largest absolute Gasteiger partial charge is 0.348 e. The van der Waals surface area contributed by atoms with Crippen LogP contribution in [0.3, 0.4) is 0 Å². The summed E-state index contributed by atoms with van der Waals surface area (Å²) in [5.41, 5.74) is 2.26. The molecular formula is C19H30N2O2. The minimum Gasteiger partial charge on any atom is -0.348 e. The Labute approximate surface area is 140 Å². The number of hydrogen-bond acceptors (Lipinski definition) is 2. The normalized spacial score (nSPS) is 10.3. The van der Waals surface area contributed by atoms with Gasteiger partial charge in [-0.25, -0.2) is 0 Å². The second kappa shape index (κ2) is 11.7. The summed E-state index contributed by atoms with van der Waals surface area (Å²) in [5, 5.41) is 5.33. The zero-order chi connectivity index (χ0) is 16.9. The lowest BCUT2D eigenvalue weighted by Gasteiger charge is -2.07. The van der Waals surface area contributed by atoms with Crippen molar-refractivity contribution in [3.8, 4) is 0 Å². The minimum atomic E-state index is -0.560. The third-order valence-corrected chi connectivity index (χ3v) is 3.91. The summed E-state index contributed by atoms with van der Waals surface area (Å²) in [6.45, 7) is 5.25. The number of amides is 2. The fourth-order valence-corrected chi connectivity index (χ4v) is 2.34. The van der Waals surface area contributed by atoms with E-state index in [2.05, 4.69) is 24.5 Å². The average molecular weight is 318 g/mol. The molecule has 0 fully saturated rings. The molecule has 0 saturated carbocycles. The van der Waals surface area contributed by atoms with Crippen LogP contribution in [0.2, 0.25) is 0 Å². The molecule has 4 heteroatoms. The Morgan fingerprint density at radius 1 is 0.783 bits per heavy atom. The van der Waals surface area contributed by atoms with Crippen LogP contribution >= 0.6 is 0 Å². The summed E-state index contributed by atoms with van der Waals surface area (Å²) in [6.07, 6.45) is 7.98. The predicted octanol–water partition coefficient (Wildman–Crippen LogP) is 3.34. The molecule has 0 saturated heterocycles. The summed E-state index contributed by atoms with van der Waals surface area (Å²) in [4.78, 5) is 23.4. The topological polar surface area (TPSA) is 58.2 Å². The van der Waals surface area contributed by atoms with Crippen molar-refractivity contribution in [1.82, 2.24) is 10.6 Å². The lowest BCUT2D eigenvalue weighted by Crippen LogP contribution is -2.39. The molecular weight excluding hydrogens is 288 g/mol. The Balaban J connectivity index is 2.14. The van der Waals surface area contributed by atoms with E-state index in [4.69, 9.17) is 0 Å². The number of rotatable bonds is 10. The van der Waals surface area contributed by atoms with E-state index in [1.807, 2.05) is 24.3 Å². The number of nitrogens with one attached hydrogen (secondary N) is 2. The van der Waals surface area contributed by atoms with Gasteiger partial charge in [0.1, 0.15) is 0 Å². The Kier molecular flexibility index (Phi) is 9.76. The quantitative estimate of drug-likeness (QED) is 0.513. The van der Waals surface area contributed by atoms with E-state index >= 15 is 0 Å². The van der Waals surface area contributed by atoms with E-state index in [9.17, 15) is 9.59 Å². The molecule has 1 aromatic carbocycles. The van der Waals surface area contributed by atoms with Gasteiger partial charge in [0.2, 0.25) is 0 Å². The van der Waals surface area contributed by atoms with Crippen LogP contribution in [0, 0.1) is 0 Å². The fraction of sp³-hybridized carbons (Fsp3) is 0.579. The average Bonchev–Trinajstić information content (AvgIpc) is 2.59. The highest BCUT2D eigenvalue weighted by atomic mass is 16.2. The first-order chi connectivity index (χ1) is 11.2.